The zero-order valence-corrected chi connectivity index (χ0v) is 6.93. The van der Waals surface area contributed by atoms with Gasteiger partial charge in [-0.15, -0.1) is 0 Å². The molecule has 1 aromatic rings. The van der Waals surface area contributed by atoms with E-state index < -0.39 is 0 Å². The number of thiazole rings is 1. The molecule has 0 aliphatic carbocycles. The number of hydrogen-bond donors (Lipinski definition) is 1. The van der Waals surface area contributed by atoms with Crippen LogP contribution in [0.1, 0.15) is 4.88 Å². The first-order valence-corrected chi connectivity index (χ1v) is 4.07. The van der Waals surface area contributed by atoms with Crippen LogP contribution in [-0.4, -0.2) is 11.6 Å². The van der Waals surface area contributed by atoms with Crippen LogP contribution in [0, 0.1) is 0 Å². The van der Waals surface area contributed by atoms with Crippen LogP contribution < -0.4 is 10.5 Å². The third kappa shape index (κ3) is 2.32. The Hall–Kier alpha value is -0.870. The molecule has 0 amide bonds. The summed E-state index contributed by atoms with van der Waals surface area (Å²) < 4.78 is 5.17. The van der Waals surface area contributed by atoms with Gasteiger partial charge in [-0.3, -0.25) is 0 Å². The van der Waals surface area contributed by atoms with Crippen LogP contribution in [0.3, 0.4) is 0 Å². The monoisotopic (exact) mass is 170 g/mol. The maximum absolute atomic E-state index is 5.39. The summed E-state index contributed by atoms with van der Waals surface area (Å²) in [6, 6.07) is 0. The molecular weight excluding hydrogens is 160 g/mol. The second-order valence-electron chi connectivity index (χ2n) is 1.90. The van der Waals surface area contributed by atoms with E-state index in [0.29, 0.717) is 18.3 Å². The minimum atomic E-state index is 0.498. The average Bonchev–Trinajstić information content (AvgIpc) is 2.48. The Labute approximate surface area is 69.5 Å². The van der Waals surface area contributed by atoms with Gasteiger partial charge in [0.1, 0.15) is 6.61 Å². The summed E-state index contributed by atoms with van der Waals surface area (Å²) in [6.07, 6.45) is 3.41. The molecule has 4 heteroatoms. The van der Waals surface area contributed by atoms with Gasteiger partial charge < -0.3 is 10.5 Å². The van der Waals surface area contributed by atoms with Gasteiger partial charge in [-0.05, 0) is 0 Å². The van der Waals surface area contributed by atoms with E-state index in [1.165, 1.54) is 11.3 Å². The second-order valence-corrected chi connectivity index (χ2v) is 2.97. The Balaban J connectivity index is 2.50. The molecule has 0 aliphatic heterocycles. The molecule has 0 fully saturated rings. The minimum Gasteiger partial charge on any atom is -0.466 e. The Morgan fingerprint density at radius 1 is 1.82 bits per heavy atom. The molecule has 0 atom stereocenters. The molecule has 0 unspecified atom stereocenters. The predicted molar refractivity (Wildman–Crippen MR) is 45.7 cm³/mol. The zero-order valence-electron chi connectivity index (χ0n) is 6.12. The topological polar surface area (TPSA) is 48.1 Å². The maximum Gasteiger partial charge on any atom is 0.273 e. The van der Waals surface area contributed by atoms with Crippen molar-refractivity contribution in [3.63, 3.8) is 0 Å². The average molecular weight is 170 g/mol. The lowest BCUT2D eigenvalue weighted by Gasteiger charge is -1.93. The first-order valence-electron chi connectivity index (χ1n) is 3.25. The normalized spacial score (nSPS) is 9.55. The fraction of sp³-hybridized carbons (Fsp3) is 0.286. The summed E-state index contributed by atoms with van der Waals surface area (Å²) in [5.41, 5.74) is 5.39. The quantitative estimate of drug-likeness (QED) is 0.690. The molecule has 1 heterocycles. The van der Waals surface area contributed by atoms with Gasteiger partial charge in [0.15, 0.2) is 0 Å². The molecule has 1 rings (SSSR count). The van der Waals surface area contributed by atoms with Crippen molar-refractivity contribution in [2.24, 2.45) is 5.73 Å². The fourth-order valence-electron chi connectivity index (χ4n) is 0.581. The van der Waals surface area contributed by atoms with Crippen LogP contribution in [0.4, 0.5) is 0 Å². The van der Waals surface area contributed by atoms with Crippen molar-refractivity contribution in [1.82, 2.24) is 4.98 Å². The zero-order chi connectivity index (χ0) is 8.10. The fourth-order valence-corrected chi connectivity index (χ4v) is 1.23. The highest BCUT2D eigenvalue weighted by molar-refractivity contribution is 7.13. The van der Waals surface area contributed by atoms with Gasteiger partial charge in [-0.1, -0.05) is 24.0 Å². The van der Waals surface area contributed by atoms with E-state index in [0.717, 1.165) is 4.88 Å². The molecule has 11 heavy (non-hydrogen) atoms. The van der Waals surface area contributed by atoms with Gasteiger partial charge in [0.05, 0.1) is 0 Å². The number of ether oxygens (including phenoxy) is 1. The van der Waals surface area contributed by atoms with Crippen LogP contribution in [0.5, 0.6) is 5.19 Å². The van der Waals surface area contributed by atoms with Crippen molar-refractivity contribution >= 4 is 11.3 Å². The van der Waals surface area contributed by atoms with Crippen LogP contribution in [0.2, 0.25) is 0 Å². The Morgan fingerprint density at radius 2 is 2.64 bits per heavy atom. The van der Waals surface area contributed by atoms with E-state index in [2.05, 4.69) is 11.6 Å². The van der Waals surface area contributed by atoms with Gasteiger partial charge in [0.25, 0.3) is 5.19 Å². The summed E-state index contributed by atoms with van der Waals surface area (Å²) in [5.74, 6) is 0. The molecular formula is C7H10N2OS. The van der Waals surface area contributed by atoms with Crippen molar-refractivity contribution in [2.45, 2.75) is 6.54 Å². The molecule has 60 valence electrons. The van der Waals surface area contributed by atoms with E-state index in [1.807, 2.05) is 0 Å². The van der Waals surface area contributed by atoms with E-state index in [9.17, 15) is 0 Å². The molecule has 2 N–H and O–H groups in total. The molecule has 0 aliphatic rings. The lowest BCUT2D eigenvalue weighted by molar-refractivity contribution is 0.361. The summed E-state index contributed by atoms with van der Waals surface area (Å²) in [6.45, 7) is 4.55. The van der Waals surface area contributed by atoms with Crippen LogP contribution in [-0.2, 0) is 6.54 Å². The molecule has 0 saturated carbocycles. The number of rotatable bonds is 4. The molecule has 0 bridgehead atoms. The molecule has 0 saturated heterocycles. The summed E-state index contributed by atoms with van der Waals surface area (Å²) in [4.78, 5) is 5.02. The highest BCUT2D eigenvalue weighted by Crippen LogP contribution is 2.19. The predicted octanol–water partition coefficient (Wildman–Crippen LogP) is 1.17. The van der Waals surface area contributed by atoms with Crippen molar-refractivity contribution in [1.29, 1.82) is 0 Å². The Morgan fingerprint density at radius 3 is 3.18 bits per heavy atom. The van der Waals surface area contributed by atoms with E-state index in [4.69, 9.17) is 10.5 Å². The van der Waals surface area contributed by atoms with Gasteiger partial charge in [-0.25, -0.2) is 4.98 Å². The molecule has 0 radical (unpaired) electrons. The number of nitrogens with zero attached hydrogens (tertiary/aromatic N) is 1. The van der Waals surface area contributed by atoms with Gasteiger partial charge >= 0.3 is 0 Å². The van der Waals surface area contributed by atoms with E-state index in [-0.39, 0.29) is 0 Å². The van der Waals surface area contributed by atoms with Gasteiger partial charge in [0.2, 0.25) is 0 Å². The number of hydrogen-bond acceptors (Lipinski definition) is 4. The Kier molecular flexibility index (Phi) is 3.07. The lowest BCUT2D eigenvalue weighted by atomic mass is 10.6. The molecule has 3 nitrogen and oxygen atoms in total. The molecule has 0 spiro atoms. The Bertz CT molecular complexity index is 234. The van der Waals surface area contributed by atoms with Gasteiger partial charge in [0, 0.05) is 17.6 Å². The van der Waals surface area contributed by atoms with Crippen molar-refractivity contribution in [2.75, 3.05) is 6.61 Å². The van der Waals surface area contributed by atoms with Gasteiger partial charge in [-0.2, -0.15) is 0 Å². The minimum absolute atomic E-state index is 0.498. The number of aromatic nitrogens is 1. The van der Waals surface area contributed by atoms with Crippen molar-refractivity contribution in [3.05, 3.63) is 23.7 Å². The highest BCUT2D eigenvalue weighted by atomic mass is 32.1. The summed E-state index contributed by atoms with van der Waals surface area (Å²) in [7, 11) is 0. The molecule has 1 aromatic heterocycles. The third-order valence-electron chi connectivity index (χ3n) is 1.06. The highest BCUT2D eigenvalue weighted by Gasteiger charge is 1.98. The lowest BCUT2D eigenvalue weighted by Crippen LogP contribution is -1.91. The second kappa shape index (κ2) is 4.10. The van der Waals surface area contributed by atoms with Crippen molar-refractivity contribution < 1.29 is 4.74 Å². The van der Waals surface area contributed by atoms with E-state index in [1.54, 1.807) is 12.3 Å². The maximum atomic E-state index is 5.39. The summed E-state index contributed by atoms with van der Waals surface area (Å²) in [5, 5.41) is 0.658. The van der Waals surface area contributed by atoms with Crippen LogP contribution in [0.25, 0.3) is 0 Å². The smallest absolute Gasteiger partial charge is 0.273 e. The SMILES string of the molecule is C=CCOc1ncc(CN)s1. The van der Waals surface area contributed by atoms with Crippen LogP contribution >= 0.6 is 11.3 Å². The van der Waals surface area contributed by atoms with E-state index >= 15 is 0 Å². The molecule has 0 aromatic carbocycles. The number of nitrogens with two attached hydrogens (primary N) is 1. The van der Waals surface area contributed by atoms with Crippen molar-refractivity contribution in [3.8, 4) is 5.19 Å². The van der Waals surface area contributed by atoms with Crippen LogP contribution in [0.15, 0.2) is 18.9 Å². The largest absolute Gasteiger partial charge is 0.466 e. The standard InChI is InChI=1S/C7H10N2OS/c1-2-3-10-7-9-5-6(4-8)11-7/h2,5H,1,3-4,8H2. The third-order valence-corrected chi connectivity index (χ3v) is 1.99. The first kappa shape index (κ1) is 8.23. The first-order chi connectivity index (χ1) is 5.36. The summed E-state index contributed by atoms with van der Waals surface area (Å²) >= 11 is 1.47.